The van der Waals surface area contributed by atoms with E-state index >= 15 is 0 Å². The van der Waals surface area contributed by atoms with Gasteiger partial charge >= 0.3 is 0 Å². The fourth-order valence-electron chi connectivity index (χ4n) is 2.30. The molecule has 1 aliphatic heterocycles. The van der Waals surface area contributed by atoms with Crippen LogP contribution in [0.25, 0.3) is 0 Å². The molecule has 1 unspecified atom stereocenters. The summed E-state index contributed by atoms with van der Waals surface area (Å²) in [4.78, 5) is 0. The highest BCUT2D eigenvalue weighted by Gasteiger charge is 2.19. The summed E-state index contributed by atoms with van der Waals surface area (Å²) < 4.78 is 2.24. The van der Waals surface area contributed by atoms with Crippen molar-refractivity contribution in [3.63, 3.8) is 0 Å². The van der Waals surface area contributed by atoms with Gasteiger partial charge in [-0.1, -0.05) is 12.5 Å². The normalized spacial score (nSPS) is 16.1. The monoisotopic (exact) mass is 279 g/mol. The van der Waals surface area contributed by atoms with Crippen LogP contribution < -0.4 is 10.6 Å². The van der Waals surface area contributed by atoms with E-state index in [0.29, 0.717) is 11.7 Å². The smallest absolute Gasteiger partial charge is 0.167 e. The quantitative estimate of drug-likeness (QED) is 0.649. The van der Waals surface area contributed by atoms with Crippen LogP contribution in [0.3, 0.4) is 0 Å². The molecule has 0 saturated carbocycles. The predicted octanol–water partition coefficient (Wildman–Crippen LogP) is 1.72. The molecular weight excluding hydrogens is 258 g/mol. The maximum absolute atomic E-state index is 5.22. The van der Waals surface area contributed by atoms with Crippen LogP contribution in [0, 0.1) is 0 Å². The lowest BCUT2D eigenvalue weighted by Gasteiger charge is -2.17. The molecule has 1 aromatic rings. The molecule has 0 amide bonds. The number of aryl methyl sites for hydroxylation is 1. The molecule has 2 rings (SSSR count). The lowest BCUT2D eigenvalue weighted by atomic mass is 10.2. The topological polar surface area (TPSA) is 54.8 Å². The minimum absolute atomic E-state index is 0.0594. The molecule has 0 radical (unpaired) electrons. The van der Waals surface area contributed by atoms with Gasteiger partial charge in [0, 0.05) is 19.5 Å². The summed E-state index contributed by atoms with van der Waals surface area (Å²) in [7, 11) is 0. The molecule has 1 atom stereocenters. The fraction of sp³-hybridized carbons (Fsp3) is 0.615. The number of nitrogens with one attached hydrogen (secondary N) is 2. The Kier molecular flexibility index (Phi) is 4.90. The van der Waals surface area contributed by atoms with Crippen LogP contribution in [-0.4, -0.2) is 26.4 Å². The fourth-order valence-corrected chi connectivity index (χ4v) is 2.57. The van der Waals surface area contributed by atoms with Gasteiger partial charge in [-0.2, -0.15) is 0 Å². The van der Waals surface area contributed by atoms with Gasteiger partial charge in [0.2, 0.25) is 0 Å². The highest BCUT2D eigenvalue weighted by Crippen LogP contribution is 2.18. The van der Waals surface area contributed by atoms with Crippen LogP contribution >= 0.6 is 12.2 Å². The number of nitrogens with zero attached hydrogens (tertiary/aromatic N) is 3. The number of hydrogen-bond acceptors (Lipinski definition) is 3. The Morgan fingerprint density at radius 2 is 2.32 bits per heavy atom. The van der Waals surface area contributed by atoms with Gasteiger partial charge in [0.15, 0.2) is 10.9 Å². The average Bonchev–Trinajstić information content (AvgIpc) is 2.66. The van der Waals surface area contributed by atoms with Crippen molar-refractivity contribution in [2.75, 3.05) is 6.54 Å². The molecule has 104 valence electrons. The molecular formula is C13H21N5S. The minimum Gasteiger partial charge on any atom is -0.359 e. The second-order valence-electron chi connectivity index (χ2n) is 4.80. The summed E-state index contributed by atoms with van der Waals surface area (Å²) >= 11 is 5.22. The molecule has 19 heavy (non-hydrogen) atoms. The van der Waals surface area contributed by atoms with Crippen molar-refractivity contribution in [3.05, 3.63) is 24.3 Å². The summed E-state index contributed by atoms with van der Waals surface area (Å²) in [6.07, 6.45) is 6.48. The first kappa shape index (κ1) is 14.0. The average molecular weight is 279 g/mol. The summed E-state index contributed by atoms with van der Waals surface area (Å²) in [6, 6.07) is 0.0594. The highest BCUT2D eigenvalue weighted by molar-refractivity contribution is 7.80. The Morgan fingerprint density at radius 3 is 3.11 bits per heavy atom. The van der Waals surface area contributed by atoms with Crippen molar-refractivity contribution >= 4 is 17.3 Å². The standard InChI is InChI=1S/C13H21N5S/c1-3-8-14-13(19)15-10(2)12-17-16-11-7-5-4-6-9-18(11)12/h3,10H,1,4-9H2,2H3,(H2,14,15,19). The Bertz CT molecular complexity index is 454. The lowest BCUT2D eigenvalue weighted by molar-refractivity contribution is 0.555. The van der Waals surface area contributed by atoms with Gasteiger partial charge in [-0.25, -0.2) is 0 Å². The first-order valence-corrected chi connectivity index (χ1v) is 7.20. The third-order valence-electron chi connectivity index (χ3n) is 3.28. The maximum atomic E-state index is 5.22. The second kappa shape index (κ2) is 6.65. The minimum atomic E-state index is 0.0594. The van der Waals surface area contributed by atoms with Crippen molar-refractivity contribution in [3.8, 4) is 0 Å². The molecule has 0 aromatic carbocycles. The van der Waals surface area contributed by atoms with E-state index in [4.69, 9.17) is 12.2 Å². The number of thiocarbonyl (C=S) groups is 1. The number of fused-ring (bicyclic) bond motifs is 1. The van der Waals surface area contributed by atoms with Gasteiger partial charge in [0.25, 0.3) is 0 Å². The number of hydrogen-bond donors (Lipinski definition) is 2. The molecule has 1 aromatic heterocycles. The van der Waals surface area contributed by atoms with Crippen molar-refractivity contribution < 1.29 is 0 Å². The van der Waals surface area contributed by atoms with Gasteiger partial charge in [-0.15, -0.1) is 16.8 Å². The SMILES string of the molecule is C=CCNC(=S)NC(C)c1nnc2n1CCCCC2. The molecule has 0 aliphatic carbocycles. The van der Waals surface area contributed by atoms with Gasteiger partial charge in [-0.3, -0.25) is 0 Å². The Morgan fingerprint density at radius 1 is 1.47 bits per heavy atom. The van der Waals surface area contributed by atoms with Gasteiger partial charge in [-0.05, 0) is 32.0 Å². The predicted molar refractivity (Wildman–Crippen MR) is 79.9 cm³/mol. The van der Waals surface area contributed by atoms with E-state index < -0.39 is 0 Å². The molecule has 0 spiro atoms. The van der Waals surface area contributed by atoms with Crippen LogP contribution in [-0.2, 0) is 13.0 Å². The summed E-state index contributed by atoms with van der Waals surface area (Å²) in [5.74, 6) is 2.07. The molecule has 0 saturated heterocycles. The zero-order valence-electron chi connectivity index (χ0n) is 11.4. The molecule has 0 fully saturated rings. The Hall–Kier alpha value is -1.43. The van der Waals surface area contributed by atoms with E-state index in [1.54, 1.807) is 6.08 Å². The molecule has 6 heteroatoms. The lowest BCUT2D eigenvalue weighted by Crippen LogP contribution is -2.37. The van der Waals surface area contributed by atoms with E-state index in [1.807, 2.05) is 0 Å². The van der Waals surface area contributed by atoms with Crippen LogP contribution in [0.4, 0.5) is 0 Å². The highest BCUT2D eigenvalue weighted by atomic mass is 32.1. The number of rotatable bonds is 4. The first-order valence-electron chi connectivity index (χ1n) is 6.79. The van der Waals surface area contributed by atoms with E-state index in [2.05, 4.69) is 38.9 Å². The van der Waals surface area contributed by atoms with Crippen molar-refractivity contribution in [2.24, 2.45) is 0 Å². The molecule has 5 nitrogen and oxygen atoms in total. The Balaban J connectivity index is 2.03. The molecule has 0 bridgehead atoms. The van der Waals surface area contributed by atoms with E-state index in [0.717, 1.165) is 24.6 Å². The third kappa shape index (κ3) is 3.53. The summed E-state index contributed by atoms with van der Waals surface area (Å²) in [5, 5.41) is 15.5. The second-order valence-corrected chi connectivity index (χ2v) is 5.21. The van der Waals surface area contributed by atoms with Gasteiger partial charge in [0.1, 0.15) is 5.82 Å². The molecule has 2 heterocycles. The van der Waals surface area contributed by atoms with Gasteiger partial charge in [0.05, 0.1) is 6.04 Å². The van der Waals surface area contributed by atoms with Crippen molar-refractivity contribution in [1.82, 2.24) is 25.4 Å². The summed E-state index contributed by atoms with van der Waals surface area (Å²) in [5.41, 5.74) is 0. The van der Waals surface area contributed by atoms with E-state index in [9.17, 15) is 0 Å². The Labute approximate surface area is 119 Å². The first-order chi connectivity index (χ1) is 9.22. The molecule has 1 aliphatic rings. The van der Waals surface area contributed by atoms with Crippen LogP contribution in [0.5, 0.6) is 0 Å². The third-order valence-corrected chi connectivity index (χ3v) is 3.54. The largest absolute Gasteiger partial charge is 0.359 e. The maximum Gasteiger partial charge on any atom is 0.167 e. The van der Waals surface area contributed by atoms with Crippen LogP contribution in [0.15, 0.2) is 12.7 Å². The van der Waals surface area contributed by atoms with E-state index in [1.165, 1.54) is 19.3 Å². The van der Waals surface area contributed by atoms with E-state index in [-0.39, 0.29) is 6.04 Å². The zero-order valence-corrected chi connectivity index (χ0v) is 12.2. The van der Waals surface area contributed by atoms with Crippen LogP contribution in [0.1, 0.15) is 43.9 Å². The van der Waals surface area contributed by atoms with Crippen LogP contribution in [0.2, 0.25) is 0 Å². The summed E-state index contributed by atoms with van der Waals surface area (Å²) in [6.45, 7) is 7.39. The number of aromatic nitrogens is 3. The van der Waals surface area contributed by atoms with Crippen molar-refractivity contribution in [1.29, 1.82) is 0 Å². The molecule has 2 N–H and O–H groups in total. The van der Waals surface area contributed by atoms with Crippen molar-refractivity contribution in [2.45, 2.75) is 45.2 Å². The zero-order chi connectivity index (χ0) is 13.7. The van der Waals surface area contributed by atoms with Gasteiger partial charge < -0.3 is 15.2 Å².